The minimum Gasteiger partial charge on any atom is -0.395 e. The number of aliphatic hydroxyl groups is 1. The van der Waals surface area contributed by atoms with Crippen molar-refractivity contribution in [2.24, 2.45) is 0 Å². The number of rotatable bonds is 9. The minimum atomic E-state index is -0.0791. The van der Waals surface area contributed by atoms with Gasteiger partial charge in [0.25, 0.3) is 0 Å². The lowest BCUT2D eigenvalue weighted by atomic mass is 10.2. The van der Waals surface area contributed by atoms with Gasteiger partial charge in [-0.05, 0) is 31.2 Å². The molecule has 0 fully saturated rings. The SMILES string of the molecule is CCCCN(CCO)CCC(=O)Nc1cccc(C#N)c1. The van der Waals surface area contributed by atoms with Crippen LogP contribution in [0.3, 0.4) is 0 Å². The number of nitrogens with zero attached hydrogens (tertiary/aromatic N) is 2. The monoisotopic (exact) mass is 289 g/mol. The van der Waals surface area contributed by atoms with Crippen LogP contribution in [0.2, 0.25) is 0 Å². The molecule has 1 aromatic rings. The van der Waals surface area contributed by atoms with Crippen molar-refractivity contribution in [2.75, 3.05) is 31.6 Å². The number of nitriles is 1. The summed E-state index contributed by atoms with van der Waals surface area (Å²) in [5, 5.41) is 20.6. The summed E-state index contributed by atoms with van der Waals surface area (Å²) in [6.45, 7) is 4.34. The molecular weight excluding hydrogens is 266 g/mol. The van der Waals surface area contributed by atoms with Gasteiger partial charge in [0.2, 0.25) is 5.91 Å². The van der Waals surface area contributed by atoms with Gasteiger partial charge in [-0.2, -0.15) is 5.26 Å². The molecule has 0 unspecified atom stereocenters. The number of nitrogens with one attached hydrogen (secondary N) is 1. The number of carbonyl (C=O) groups is 1. The molecule has 0 radical (unpaired) electrons. The first-order valence-corrected chi connectivity index (χ1v) is 7.32. The zero-order valence-electron chi connectivity index (χ0n) is 12.5. The number of carbonyl (C=O) groups excluding carboxylic acids is 1. The van der Waals surface area contributed by atoms with Gasteiger partial charge in [-0.15, -0.1) is 0 Å². The molecule has 0 heterocycles. The Balaban J connectivity index is 2.43. The van der Waals surface area contributed by atoms with Crippen LogP contribution < -0.4 is 5.32 Å². The first-order chi connectivity index (χ1) is 10.2. The van der Waals surface area contributed by atoms with E-state index in [1.165, 1.54) is 0 Å². The largest absolute Gasteiger partial charge is 0.395 e. The highest BCUT2D eigenvalue weighted by molar-refractivity contribution is 5.90. The summed E-state index contributed by atoms with van der Waals surface area (Å²) in [4.78, 5) is 14.0. The van der Waals surface area contributed by atoms with E-state index >= 15 is 0 Å². The van der Waals surface area contributed by atoms with Crippen molar-refractivity contribution in [1.82, 2.24) is 4.90 Å². The van der Waals surface area contributed by atoms with E-state index in [-0.39, 0.29) is 12.5 Å². The molecule has 0 bridgehead atoms. The van der Waals surface area contributed by atoms with E-state index in [2.05, 4.69) is 17.1 Å². The van der Waals surface area contributed by atoms with Gasteiger partial charge in [-0.25, -0.2) is 0 Å². The third kappa shape index (κ3) is 6.89. The average Bonchev–Trinajstić information content (AvgIpc) is 2.50. The molecule has 0 saturated carbocycles. The normalized spacial score (nSPS) is 10.4. The topological polar surface area (TPSA) is 76.4 Å². The van der Waals surface area contributed by atoms with Gasteiger partial charge in [0.1, 0.15) is 0 Å². The van der Waals surface area contributed by atoms with E-state index in [1.54, 1.807) is 24.3 Å². The molecule has 0 aromatic heterocycles. The molecule has 0 aliphatic rings. The van der Waals surface area contributed by atoms with Crippen LogP contribution in [0, 0.1) is 11.3 Å². The van der Waals surface area contributed by atoms with Crippen LogP contribution in [-0.4, -0.2) is 42.2 Å². The lowest BCUT2D eigenvalue weighted by molar-refractivity contribution is -0.116. The molecule has 0 saturated heterocycles. The second kappa shape index (κ2) is 9.92. The van der Waals surface area contributed by atoms with Gasteiger partial charge in [-0.3, -0.25) is 4.79 Å². The van der Waals surface area contributed by atoms with Gasteiger partial charge in [-0.1, -0.05) is 19.4 Å². The Kier molecular flexibility index (Phi) is 8.10. The van der Waals surface area contributed by atoms with Gasteiger partial charge in [0.15, 0.2) is 0 Å². The third-order valence-corrected chi connectivity index (χ3v) is 3.17. The molecule has 0 aliphatic carbocycles. The number of benzene rings is 1. The van der Waals surface area contributed by atoms with Crippen LogP contribution >= 0.6 is 0 Å². The second-order valence-corrected chi connectivity index (χ2v) is 4.91. The average molecular weight is 289 g/mol. The predicted molar refractivity (Wildman–Crippen MR) is 82.8 cm³/mol. The van der Waals surface area contributed by atoms with E-state index in [1.807, 2.05) is 6.07 Å². The van der Waals surface area contributed by atoms with Crippen LogP contribution in [0.25, 0.3) is 0 Å². The van der Waals surface area contributed by atoms with Crippen molar-refractivity contribution in [2.45, 2.75) is 26.2 Å². The second-order valence-electron chi connectivity index (χ2n) is 4.91. The van der Waals surface area contributed by atoms with Crippen LogP contribution in [0.5, 0.6) is 0 Å². The highest BCUT2D eigenvalue weighted by Gasteiger charge is 2.08. The van der Waals surface area contributed by atoms with Gasteiger partial charge in [0, 0.05) is 25.2 Å². The summed E-state index contributed by atoms with van der Waals surface area (Å²) >= 11 is 0. The van der Waals surface area contributed by atoms with E-state index in [9.17, 15) is 4.79 Å². The summed E-state index contributed by atoms with van der Waals surface area (Å²) in [6.07, 6.45) is 2.53. The standard InChI is InChI=1S/C16H23N3O2/c1-2-3-8-19(10-11-20)9-7-16(21)18-15-6-4-5-14(12-15)13-17/h4-6,12,20H,2-3,7-11H2,1H3,(H,18,21). The number of hydrogen-bond donors (Lipinski definition) is 2. The van der Waals surface area contributed by atoms with Gasteiger partial charge >= 0.3 is 0 Å². The van der Waals surface area contributed by atoms with Crippen molar-refractivity contribution >= 4 is 11.6 Å². The summed E-state index contributed by atoms with van der Waals surface area (Å²) in [7, 11) is 0. The Morgan fingerprint density at radius 2 is 2.19 bits per heavy atom. The Bertz CT molecular complexity index is 483. The molecule has 1 aromatic carbocycles. The van der Waals surface area contributed by atoms with Crippen LogP contribution in [0.1, 0.15) is 31.7 Å². The first kappa shape index (κ1) is 17.2. The number of unbranched alkanes of at least 4 members (excludes halogenated alkanes) is 1. The summed E-state index contributed by atoms with van der Waals surface area (Å²) in [5.74, 6) is -0.0791. The minimum absolute atomic E-state index is 0.0791. The maximum absolute atomic E-state index is 11.9. The van der Waals surface area contributed by atoms with Gasteiger partial charge < -0.3 is 15.3 Å². The van der Waals surface area contributed by atoms with Crippen molar-refractivity contribution in [1.29, 1.82) is 5.26 Å². The highest BCUT2D eigenvalue weighted by Crippen LogP contribution is 2.10. The van der Waals surface area contributed by atoms with E-state index < -0.39 is 0 Å². The molecule has 1 rings (SSSR count). The van der Waals surface area contributed by atoms with Crippen molar-refractivity contribution in [3.8, 4) is 6.07 Å². The Morgan fingerprint density at radius 3 is 2.86 bits per heavy atom. The molecule has 0 aliphatic heterocycles. The number of hydrogen-bond acceptors (Lipinski definition) is 4. The first-order valence-electron chi connectivity index (χ1n) is 7.32. The smallest absolute Gasteiger partial charge is 0.225 e. The van der Waals surface area contributed by atoms with Crippen molar-refractivity contribution in [3.05, 3.63) is 29.8 Å². The predicted octanol–water partition coefficient (Wildman–Crippen LogP) is 1.98. The van der Waals surface area contributed by atoms with Gasteiger partial charge in [0.05, 0.1) is 18.2 Å². The number of amides is 1. The molecule has 0 spiro atoms. The molecular formula is C16H23N3O2. The van der Waals surface area contributed by atoms with Crippen molar-refractivity contribution in [3.63, 3.8) is 0 Å². The summed E-state index contributed by atoms with van der Waals surface area (Å²) in [6, 6.07) is 8.90. The van der Waals surface area contributed by atoms with E-state index in [0.717, 1.165) is 19.4 Å². The highest BCUT2D eigenvalue weighted by atomic mass is 16.3. The lowest BCUT2D eigenvalue weighted by Crippen LogP contribution is -2.31. The molecule has 114 valence electrons. The van der Waals surface area contributed by atoms with Crippen LogP contribution in [-0.2, 0) is 4.79 Å². The molecule has 0 atom stereocenters. The van der Waals surface area contributed by atoms with Crippen LogP contribution in [0.15, 0.2) is 24.3 Å². The Hall–Kier alpha value is -1.90. The quantitative estimate of drug-likeness (QED) is 0.729. The van der Waals surface area contributed by atoms with Crippen LogP contribution in [0.4, 0.5) is 5.69 Å². The maximum Gasteiger partial charge on any atom is 0.225 e. The zero-order chi connectivity index (χ0) is 15.5. The molecule has 2 N–H and O–H groups in total. The number of aliphatic hydroxyl groups excluding tert-OH is 1. The van der Waals surface area contributed by atoms with Crippen molar-refractivity contribution < 1.29 is 9.90 Å². The Morgan fingerprint density at radius 1 is 1.38 bits per heavy atom. The molecule has 21 heavy (non-hydrogen) atoms. The fourth-order valence-corrected chi connectivity index (χ4v) is 2.01. The summed E-state index contributed by atoms with van der Waals surface area (Å²) in [5.41, 5.74) is 1.17. The fourth-order valence-electron chi connectivity index (χ4n) is 2.01. The van der Waals surface area contributed by atoms with E-state index in [0.29, 0.717) is 30.8 Å². The molecule has 1 amide bonds. The van der Waals surface area contributed by atoms with E-state index in [4.69, 9.17) is 10.4 Å². The third-order valence-electron chi connectivity index (χ3n) is 3.17. The summed E-state index contributed by atoms with van der Waals surface area (Å²) < 4.78 is 0. The lowest BCUT2D eigenvalue weighted by Gasteiger charge is -2.20. The maximum atomic E-state index is 11.9. The zero-order valence-corrected chi connectivity index (χ0v) is 12.5. The fraction of sp³-hybridized carbons (Fsp3) is 0.500. The number of anilines is 1. The Labute approximate surface area is 126 Å². The molecule has 5 nitrogen and oxygen atoms in total. The molecule has 5 heteroatoms.